The van der Waals surface area contributed by atoms with Crippen LogP contribution in [-0.4, -0.2) is 75.3 Å². The molecule has 4 aromatic heterocycles. The van der Waals surface area contributed by atoms with Crippen LogP contribution in [0.2, 0.25) is 0 Å². The average Bonchev–Trinajstić information content (AvgIpc) is 4.12. The Labute approximate surface area is 415 Å². The zero-order valence-corrected chi connectivity index (χ0v) is 41.7. The van der Waals surface area contributed by atoms with Gasteiger partial charge in [0.25, 0.3) is 0 Å². The normalized spacial score (nSPS) is 12.3. The molecule has 10 aromatic rings. The number of anilines is 6. The van der Waals surface area contributed by atoms with Gasteiger partial charge in [-0.1, -0.05) is 98.7 Å². The number of benzene rings is 6. The van der Waals surface area contributed by atoms with Crippen LogP contribution < -0.4 is 16.0 Å². The van der Waals surface area contributed by atoms with Crippen molar-refractivity contribution in [2.45, 2.75) is 97.8 Å². The first-order valence-corrected chi connectivity index (χ1v) is 24.1. The van der Waals surface area contributed by atoms with Crippen molar-refractivity contribution >= 4 is 68.0 Å². The molecule has 0 saturated carbocycles. The lowest BCUT2D eigenvalue weighted by Crippen LogP contribution is -2.20. The third kappa shape index (κ3) is 8.79. The van der Waals surface area contributed by atoms with Crippen molar-refractivity contribution in [1.29, 1.82) is 0 Å². The van der Waals surface area contributed by atoms with Crippen molar-refractivity contribution in [2.24, 2.45) is 0 Å². The zero-order chi connectivity index (χ0) is 50.7. The molecule has 0 bridgehead atoms. The largest absolute Gasteiger partial charge is 0.506 e. The molecular formula is C54H57N15O3. The summed E-state index contributed by atoms with van der Waals surface area (Å²) in [7, 11) is 0. The number of phenolic OH excluding ortho intramolecular Hbond substituents is 3. The van der Waals surface area contributed by atoms with Gasteiger partial charge in [0.15, 0.2) is 0 Å². The molecule has 0 aliphatic rings. The second kappa shape index (κ2) is 17.9. The highest BCUT2D eigenvalue weighted by Gasteiger charge is 2.30. The number of nitrogens with zero attached hydrogens (tertiary/aromatic N) is 12. The van der Waals surface area contributed by atoms with Crippen LogP contribution in [0.25, 0.3) is 50.2 Å². The maximum absolute atomic E-state index is 11.8. The van der Waals surface area contributed by atoms with Gasteiger partial charge >= 0.3 is 0 Å². The summed E-state index contributed by atoms with van der Waals surface area (Å²) >= 11 is 0. The summed E-state index contributed by atoms with van der Waals surface area (Å²) in [6, 6.07) is 33.3. The molecule has 0 unspecified atom stereocenters. The first kappa shape index (κ1) is 47.0. The van der Waals surface area contributed by atoms with E-state index >= 15 is 0 Å². The van der Waals surface area contributed by atoms with Crippen molar-refractivity contribution in [1.82, 2.24) is 59.9 Å². The molecule has 0 fully saturated rings. The summed E-state index contributed by atoms with van der Waals surface area (Å²) in [5, 5.41) is 73.6. The van der Waals surface area contributed by atoms with E-state index in [4.69, 9.17) is 35.3 Å². The van der Waals surface area contributed by atoms with Gasteiger partial charge in [-0.3, -0.25) is 0 Å². The molecule has 0 amide bonds. The standard InChI is InChI=1S/C54H57N15O3/c1-10-52(4,5)31-27-45(69-65-38-23-17-18-24-39(38)66-69)48(72)28-40(31)55-49-58-50(56-41-25-32(53(6,7)11-2)43(29-46(41)70)67-61-34-19-13-14-20-35(34)62-67)60-51(59-49)57-42-26-33(54(8,9)12-3)44(30-47(42)71)68-63-36-21-15-16-22-37(36)64-68/h13-30,70-72H,10-12H2,1-9H3,(H3,55,56,57,58,59,60). The first-order valence-electron chi connectivity index (χ1n) is 24.1. The van der Waals surface area contributed by atoms with Gasteiger partial charge in [-0.25, -0.2) is 0 Å². The maximum atomic E-state index is 11.8. The highest BCUT2D eigenvalue weighted by atomic mass is 16.3. The molecular weight excluding hydrogens is 907 g/mol. The molecule has 72 heavy (non-hydrogen) atoms. The molecule has 18 heteroatoms. The van der Waals surface area contributed by atoms with Crippen LogP contribution in [0, 0.1) is 0 Å². The van der Waals surface area contributed by atoms with E-state index in [0.717, 1.165) is 58.0 Å². The van der Waals surface area contributed by atoms with Crippen LogP contribution in [-0.2, 0) is 16.2 Å². The van der Waals surface area contributed by atoms with E-state index in [9.17, 15) is 15.3 Å². The third-order valence-corrected chi connectivity index (χ3v) is 14.1. The van der Waals surface area contributed by atoms with Crippen LogP contribution in [0.4, 0.5) is 34.9 Å². The highest BCUT2D eigenvalue weighted by Crippen LogP contribution is 2.43. The van der Waals surface area contributed by atoms with E-state index < -0.39 is 5.41 Å². The summed E-state index contributed by atoms with van der Waals surface area (Å²) < 4.78 is 0. The predicted molar refractivity (Wildman–Crippen MR) is 281 cm³/mol. The summed E-state index contributed by atoms with van der Waals surface area (Å²) in [4.78, 5) is 19.1. The predicted octanol–water partition coefficient (Wildman–Crippen LogP) is 11.5. The van der Waals surface area contributed by atoms with Crippen LogP contribution in [0.5, 0.6) is 17.2 Å². The zero-order valence-electron chi connectivity index (χ0n) is 41.7. The molecule has 0 saturated heterocycles. The molecule has 0 aliphatic heterocycles. The van der Waals surface area contributed by atoms with Crippen LogP contribution >= 0.6 is 0 Å². The lowest BCUT2D eigenvalue weighted by atomic mass is 9.81. The molecule has 4 heterocycles. The summed E-state index contributed by atoms with van der Waals surface area (Å²) in [6.45, 7) is 19.0. The van der Waals surface area contributed by atoms with Gasteiger partial charge in [0, 0.05) is 23.9 Å². The Hall–Kier alpha value is -8.67. The van der Waals surface area contributed by atoms with Crippen molar-refractivity contribution in [3.05, 3.63) is 126 Å². The Morgan fingerprint density at radius 2 is 0.681 bits per heavy atom. The maximum Gasteiger partial charge on any atom is 0.233 e. The summed E-state index contributed by atoms with van der Waals surface area (Å²) in [5.74, 6) is -0.0668. The van der Waals surface area contributed by atoms with Gasteiger partial charge in [-0.15, -0.1) is 45.0 Å². The van der Waals surface area contributed by atoms with Crippen molar-refractivity contribution in [3.63, 3.8) is 0 Å². The van der Waals surface area contributed by atoms with E-state index in [0.29, 0.717) is 45.2 Å². The van der Waals surface area contributed by atoms with Gasteiger partial charge in [-0.05, 0) is 107 Å². The van der Waals surface area contributed by atoms with Crippen molar-refractivity contribution < 1.29 is 15.3 Å². The van der Waals surface area contributed by atoms with Gasteiger partial charge in [0.1, 0.15) is 56.0 Å². The number of hydrogen-bond acceptors (Lipinski definition) is 15. The Bertz CT molecular complexity index is 3420. The smallest absolute Gasteiger partial charge is 0.233 e. The number of rotatable bonds is 15. The second-order valence-electron chi connectivity index (χ2n) is 20.0. The van der Waals surface area contributed by atoms with E-state index in [-0.39, 0.29) is 45.9 Å². The molecule has 0 spiro atoms. The van der Waals surface area contributed by atoms with E-state index in [1.165, 1.54) is 4.80 Å². The average molecular weight is 964 g/mol. The van der Waals surface area contributed by atoms with E-state index in [2.05, 4.69) is 88.5 Å². The van der Waals surface area contributed by atoms with Crippen LogP contribution in [0.1, 0.15) is 98.3 Å². The minimum absolute atomic E-state index is 0.0588. The lowest BCUT2D eigenvalue weighted by molar-refractivity contribution is 0.464. The highest BCUT2D eigenvalue weighted by molar-refractivity contribution is 5.78. The molecule has 10 rings (SSSR count). The number of aromatic nitrogens is 12. The van der Waals surface area contributed by atoms with Crippen LogP contribution in [0.3, 0.4) is 0 Å². The Morgan fingerprint density at radius 1 is 0.375 bits per heavy atom. The van der Waals surface area contributed by atoms with Crippen molar-refractivity contribution in [3.8, 4) is 34.3 Å². The molecule has 0 atom stereocenters. The van der Waals surface area contributed by atoms with E-state index in [1.54, 1.807) is 27.8 Å². The second-order valence-corrected chi connectivity index (χ2v) is 20.0. The van der Waals surface area contributed by atoms with Crippen molar-refractivity contribution in [2.75, 3.05) is 16.0 Å². The van der Waals surface area contributed by atoms with Crippen LogP contribution in [0.15, 0.2) is 109 Å². The Morgan fingerprint density at radius 3 is 1.01 bits per heavy atom. The molecule has 18 nitrogen and oxygen atoms in total. The minimum atomic E-state index is -0.427. The monoisotopic (exact) mass is 963 g/mol. The summed E-state index contributed by atoms with van der Waals surface area (Å²) in [6.07, 6.45) is 2.27. The quantitative estimate of drug-likeness (QED) is 0.0525. The molecule has 6 aromatic carbocycles. The number of hydrogen-bond donors (Lipinski definition) is 6. The van der Waals surface area contributed by atoms with E-state index in [1.807, 2.05) is 91.0 Å². The Kier molecular flexibility index (Phi) is 11.7. The minimum Gasteiger partial charge on any atom is -0.506 e. The van der Waals surface area contributed by atoms with Gasteiger partial charge in [0.05, 0.1) is 22.7 Å². The summed E-state index contributed by atoms with van der Waals surface area (Å²) in [5.41, 5.74) is 8.46. The molecule has 366 valence electrons. The first-order chi connectivity index (χ1) is 34.4. The fourth-order valence-electron chi connectivity index (χ4n) is 8.55. The van der Waals surface area contributed by atoms with Gasteiger partial charge in [0.2, 0.25) is 17.8 Å². The van der Waals surface area contributed by atoms with Gasteiger partial charge < -0.3 is 31.3 Å². The fraction of sp³-hybridized carbons (Fsp3) is 0.278. The van der Waals surface area contributed by atoms with Gasteiger partial charge in [-0.2, -0.15) is 15.0 Å². The molecule has 0 aliphatic carbocycles. The third-order valence-electron chi connectivity index (χ3n) is 14.1. The lowest BCUT2D eigenvalue weighted by Gasteiger charge is -2.28. The number of aromatic hydroxyl groups is 3. The number of nitrogens with one attached hydrogen (secondary N) is 3. The fourth-order valence-corrected chi connectivity index (χ4v) is 8.55. The Balaban J connectivity index is 1.10. The molecule has 0 radical (unpaired) electrons. The molecule has 6 N–H and O–H groups in total. The SMILES string of the molecule is CCC(C)(C)c1cc(-n2nc3ccccc3n2)c(O)cc1Nc1nc(Nc2cc(C(C)(C)CC)c(-n3nc4ccccc4n3)cc2O)nc(Nc2cc(C(C)(C)CC)c(-n3nc4ccccc4n3)cc2O)n1. The number of fused-ring (bicyclic) bond motifs is 3. The topological polar surface area (TPSA) is 228 Å². The number of phenols is 3.